The lowest BCUT2D eigenvalue weighted by atomic mass is 9.99. The SMILES string of the molecule is Cc1sc2c(c1C)C(c1ccc(Cl)cc1)=N[C@@H](CC(=O)NCCCCCCNc1ccc3c(c1)C(=O)N(C1CCC(=O)[N+](Cc4ccccc4)=C1O)C3=O)c1nnc(C)n1-2. The zero-order chi connectivity index (χ0) is 42.1. The number of nitrogens with one attached hydrogen (secondary N) is 2. The minimum Gasteiger partial charge on any atom is -0.462 e. The van der Waals surface area contributed by atoms with Gasteiger partial charge in [-0.15, -0.1) is 26.1 Å². The Bertz CT molecular complexity index is 2560. The molecule has 5 aromatic rings. The highest BCUT2D eigenvalue weighted by Gasteiger charge is 2.48. The third-order valence-electron chi connectivity index (χ3n) is 11.4. The zero-order valence-corrected chi connectivity index (χ0v) is 35.3. The highest BCUT2D eigenvalue weighted by molar-refractivity contribution is 7.15. The second-order valence-electron chi connectivity index (χ2n) is 15.4. The molecule has 0 saturated carbocycles. The van der Waals surface area contributed by atoms with E-state index in [9.17, 15) is 24.3 Å². The van der Waals surface area contributed by atoms with Crippen LogP contribution in [0.2, 0.25) is 5.02 Å². The number of carbonyl (C=O) groups excluding carboxylic acids is 4. The maximum atomic E-state index is 13.6. The van der Waals surface area contributed by atoms with Crippen LogP contribution < -0.4 is 10.6 Å². The molecule has 3 aromatic carbocycles. The topological polar surface area (TPSA) is 162 Å². The number of hydrogen-bond acceptors (Lipinski definition) is 9. The summed E-state index contributed by atoms with van der Waals surface area (Å²) in [5.41, 5.74) is 5.98. The molecule has 0 fully saturated rings. The van der Waals surface area contributed by atoms with Crippen molar-refractivity contribution in [1.82, 2.24) is 25.0 Å². The van der Waals surface area contributed by atoms with Crippen LogP contribution in [0.4, 0.5) is 5.69 Å². The molecule has 308 valence electrons. The molecule has 0 aliphatic carbocycles. The fourth-order valence-electron chi connectivity index (χ4n) is 8.11. The maximum Gasteiger partial charge on any atom is 0.390 e. The summed E-state index contributed by atoms with van der Waals surface area (Å²) in [4.78, 5) is 60.6. The standard InChI is InChI=1S/C45H45ClN8O5S/c1-26-27(2)60-45-39(26)40(30-13-15-31(46)16-14-30)49-35(41-51-50-28(3)53(41)45)24-37(55)48-22-10-5-4-9-21-47-32-17-18-33-34(23-32)43(58)54(42(33)57)36-19-20-38(56)52(44(36)59)25-29-11-7-6-8-12-29/h6-8,11-18,23,35-36H,4-5,9-10,19-22,24-25H2,1-3H3,(H2,47,48,55,57)/p+1/t35-,36?/m0/s1. The number of imide groups is 1. The number of halogens is 1. The molecule has 8 rings (SSSR count). The monoisotopic (exact) mass is 845 g/mol. The number of fused-ring (bicyclic) bond motifs is 4. The van der Waals surface area contributed by atoms with Crippen molar-refractivity contribution in [2.45, 2.75) is 84.3 Å². The van der Waals surface area contributed by atoms with Gasteiger partial charge < -0.3 is 15.7 Å². The lowest BCUT2D eigenvalue weighted by Gasteiger charge is -2.25. The number of rotatable bonds is 14. The van der Waals surface area contributed by atoms with Crippen LogP contribution in [0.1, 0.15) is 110 Å². The van der Waals surface area contributed by atoms with E-state index in [1.165, 1.54) is 9.45 Å². The lowest BCUT2D eigenvalue weighted by Crippen LogP contribution is -2.51. The summed E-state index contributed by atoms with van der Waals surface area (Å²) in [6, 6.07) is 20.5. The van der Waals surface area contributed by atoms with Gasteiger partial charge in [0.2, 0.25) is 5.91 Å². The Balaban J connectivity index is 0.822. The molecular weight excluding hydrogens is 800 g/mol. The van der Waals surface area contributed by atoms with Gasteiger partial charge in [-0.3, -0.25) is 28.8 Å². The van der Waals surface area contributed by atoms with Crippen LogP contribution in [-0.2, 0) is 16.1 Å². The van der Waals surface area contributed by atoms with E-state index in [1.54, 1.807) is 29.5 Å². The summed E-state index contributed by atoms with van der Waals surface area (Å²) in [6.45, 7) is 7.46. The normalized spacial score (nSPS) is 17.3. The Hall–Kier alpha value is -5.99. The number of unbranched alkanes of at least 4 members (excludes halogenated alkanes) is 3. The van der Waals surface area contributed by atoms with E-state index < -0.39 is 23.9 Å². The molecule has 1 unspecified atom stereocenters. The number of amides is 4. The number of aliphatic imine (C=N–C) groups is 1. The summed E-state index contributed by atoms with van der Waals surface area (Å²) in [5.74, 6) is -0.236. The van der Waals surface area contributed by atoms with Crippen molar-refractivity contribution in [3.05, 3.63) is 128 Å². The molecule has 3 N–H and O–H groups in total. The van der Waals surface area contributed by atoms with Crippen molar-refractivity contribution in [3.8, 4) is 5.00 Å². The third kappa shape index (κ3) is 8.01. The minimum atomic E-state index is -0.923. The summed E-state index contributed by atoms with van der Waals surface area (Å²) in [5, 5.41) is 28.1. The highest BCUT2D eigenvalue weighted by atomic mass is 35.5. The van der Waals surface area contributed by atoms with Crippen molar-refractivity contribution >= 4 is 63.9 Å². The van der Waals surface area contributed by atoms with E-state index in [0.717, 1.165) is 69.4 Å². The number of aryl methyl sites for hydroxylation is 2. The smallest absolute Gasteiger partial charge is 0.390 e. The van der Waals surface area contributed by atoms with E-state index in [1.807, 2.05) is 66.1 Å². The van der Waals surface area contributed by atoms with E-state index >= 15 is 0 Å². The Morgan fingerprint density at radius 2 is 1.65 bits per heavy atom. The first-order valence-electron chi connectivity index (χ1n) is 20.3. The van der Waals surface area contributed by atoms with Crippen molar-refractivity contribution in [2.24, 2.45) is 4.99 Å². The number of nitrogens with zero attached hydrogens (tertiary/aromatic N) is 6. The van der Waals surface area contributed by atoms with Gasteiger partial charge in [-0.25, -0.2) is 4.79 Å². The molecule has 5 heterocycles. The Morgan fingerprint density at radius 3 is 2.42 bits per heavy atom. The minimum absolute atomic E-state index is 0.107. The second-order valence-corrected chi connectivity index (χ2v) is 17.1. The Kier molecular flexibility index (Phi) is 11.8. The number of aliphatic hydroxyl groups excluding tert-OH is 1. The number of anilines is 1. The van der Waals surface area contributed by atoms with Crippen LogP contribution in [0, 0.1) is 20.8 Å². The van der Waals surface area contributed by atoms with Crippen LogP contribution >= 0.6 is 22.9 Å². The van der Waals surface area contributed by atoms with Gasteiger partial charge in [-0.2, -0.15) is 0 Å². The van der Waals surface area contributed by atoms with Gasteiger partial charge in [0.25, 0.3) is 11.8 Å². The molecular formula is C45H46ClN8O5S+. The second kappa shape index (κ2) is 17.3. The van der Waals surface area contributed by atoms with E-state index in [-0.39, 0.29) is 54.6 Å². The average Bonchev–Trinajstić information content (AvgIpc) is 3.81. The van der Waals surface area contributed by atoms with E-state index in [0.29, 0.717) is 29.6 Å². The van der Waals surface area contributed by atoms with Gasteiger partial charge in [0.05, 0.1) is 29.7 Å². The van der Waals surface area contributed by atoms with Crippen LogP contribution in [0.3, 0.4) is 0 Å². The van der Waals surface area contributed by atoms with Crippen LogP contribution in [0.15, 0.2) is 77.8 Å². The average molecular weight is 846 g/mol. The van der Waals surface area contributed by atoms with Crippen LogP contribution in [0.5, 0.6) is 0 Å². The zero-order valence-electron chi connectivity index (χ0n) is 33.7. The van der Waals surface area contributed by atoms with Gasteiger partial charge in [0.1, 0.15) is 16.9 Å². The van der Waals surface area contributed by atoms with Crippen LogP contribution in [-0.4, -0.2) is 83.7 Å². The van der Waals surface area contributed by atoms with Gasteiger partial charge in [-0.05, 0) is 75.9 Å². The number of carbonyl (C=O) groups is 4. The fraction of sp³-hybridized carbons (Fsp3) is 0.333. The molecule has 2 aromatic heterocycles. The van der Waals surface area contributed by atoms with Crippen molar-refractivity contribution in [3.63, 3.8) is 0 Å². The van der Waals surface area contributed by atoms with Gasteiger partial charge in [0.15, 0.2) is 18.4 Å². The molecule has 2 atom stereocenters. The van der Waals surface area contributed by atoms with Crippen molar-refractivity contribution in [2.75, 3.05) is 18.4 Å². The number of aromatic nitrogens is 3. The molecule has 60 heavy (non-hydrogen) atoms. The van der Waals surface area contributed by atoms with Crippen LogP contribution in [0.25, 0.3) is 5.00 Å². The molecule has 4 amide bonds. The fourth-order valence-corrected chi connectivity index (χ4v) is 9.45. The summed E-state index contributed by atoms with van der Waals surface area (Å²) in [6.07, 6.45) is 3.91. The van der Waals surface area contributed by atoms with Gasteiger partial charge in [-0.1, -0.05) is 66.9 Å². The van der Waals surface area contributed by atoms with E-state index in [4.69, 9.17) is 16.6 Å². The molecule has 0 bridgehead atoms. The number of thiophene rings is 1. The number of benzene rings is 3. The first-order chi connectivity index (χ1) is 29.0. The predicted octanol–water partition coefficient (Wildman–Crippen LogP) is 7.43. The number of aliphatic hydroxyl groups is 1. The molecule has 0 radical (unpaired) electrons. The summed E-state index contributed by atoms with van der Waals surface area (Å²) < 4.78 is 3.30. The maximum absolute atomic E-state index is 13.6. The highest BCUT2D eigenvalue weighted by Crippen LogP contribution is 2.40. The largest absolute Gasteiger partial charge is 0.462 e. The van der Waals surface area contributed by atoms with Gasteiger partial charge in [0, 0.05) is 45.4 Å². The van der Waals surface area contributed by atoms with Crippen molar-refractivity contribution in [1.29, 1.82) is 0 Å². The Labute approximate surface area is 356 Å². The van der Waals surface area contributed by atoms with Crippen molar-refractivity contribution < 1.29 is 28.9 Å². The molecule has 15 heteroatoms. The summed E-state index contributed by atoms with van der Waals surface area (Å²) in [7, 11) is 0. The predicted molar refractivity (Wildman–Crippen MR) is 231 cm³/mol. The van der Waals surface area contributed by atoms with Gasteiger partial charge >= 0.3 is 11.8 Å². The Morgan fingerprint density at radius 1 is 0.917 bits per heavy atom. The molecule has 3 aliphatic heterocycles. The number of hydrogen-bond donors (Lipinski definition) is 3. The first kappa shape index (κ1) is 40.8. The molecule has 0 spiro atoms. The molecule has 0 saturated heterocycles. The quantitative estimate of drug-likeness (QED) is 0.0591. The lowest BCUT2D eigenvalue weighted by molar-refractivity contribution is -0.478. The van der Waals surface area contributed by atoms with E-state index in [2.05, 4.69) is 34.7 Å². The first-order valence-corrected chi connectivity index (χ1v) is 21.5. The summed E-state index contributed by atoms with van der Waals surface area (Å²) >= 11 is 7.91. The molecule has 3 aliphatic rings. The third-order valence-corrected chi connectivity index (χ3v) is 12.9. The molecule has 13 nitrogen and oxygen atoms in total.